The van der Waals surface area contributed by atoms with Gasteiger partial charge in [0.05, 0.1) is 6.61 Å². The average Bonchev–Trinajstić information content (AvgIpc) is 2.66. The second-order valence-electron chi connectivity index (χ2n) is 5.88. The van der Waals surface area contributed by atoms with Gasteiger partial charge in [-0.2, -0.15) is 0 Å². The molecule has 0 aliphatic heterocycles. The van der Waals surface area contributed by atoms with Crippen LogP contribution < -0.4 is 15.4 Å². The number of hydrogen-bond acceptors (Lipinski definition) is 3. The van der Waals surface area contributed by atoms with Crippen molar-refractivity contribution in [1.29, 1.82) is 0 Å². The average molecular weight is 354 g/mol. The molecule has 0 heterocycles. The SMILES string of the molecule is CCNC(=O)c1cccc(CNC(=O)CCc2ccccc2OCC)c1. The van der Waals surface area contributed by atoms with Crippen LogP contribution in [0.15, 0.2) is 48.5 Å². The van der Waals surface area contributed by atoms with Crippen molar-refractivity contribution in [3.8, 4) is 5.75 Å². The third-order valence-corrected chi connectivity index (χ3v) is 3.91. The molecule has 5 nitrogen and oxygen atoms in total. The fraction of sp³-hybridized carbons (Fsp3) is 0.333. The maximum Gasteiger partial charge on any atom is 0.251 e. The van der Waals surface area contributed by atoms with E-state index in [9.17, 15) is 9.59 Å². The molecular formula is C21H26N2O3. The summed E-state index contributed by atoms with van der Waals surface area (Å²) < 4.78 is 5.58. The van der Waals surface area contributed by atoms with Gasteiger partial charge in [-0.1, -0.05) is 30.3 Å². The Bertz CT molecular complexity index is 744. The van der Waals surface area contributed by atoms with Crippen molar-refractivity contribution in [2.24, 2.45) is 0 Å². The summed E-state index contributed by atoms with van der Waals surface area (Å²) in [5.74, 6) is 0.699. The largest absolute Gasteiger partial charge is 0.494 e. The Kier molecular flexibility index (Phi) is 7.68. The second-order valence-corrected chi connectivity index (χ2v) is 5.88. The molecular weight excluding hydrogens is 328 g/mol. The molecule has 26 heavy (non-hydrogen) atoms. The topological polar surface area (TPSA) is 67.4 Å². The molecule has 2 amide bonds. The molecule has 138 valence electrons. The quantitative estimate of drug-likeness (QED) is 0.727. The lowest BCUT2D eigenvalue weighted by Crippen LogP contribution is -2.24. The van der Waals surface area contributed by atoms with Crippen molar-refractivity contribution in [3.05, 3.63) is 65.2 Å². The molecule has 2 rings (SSSR count). The number of hydrogen-bond donors (Lipinski definition) is 2. The number of carbonyl (C=O) groups is 2. The van der Waals surface area contributed by atoms with Crippen molar-refractivity contribution in [2.75, 3.05) is 13.2 Å². The fourth-order valence-electron chi connectivity index (χ4n) is 2.63. The molecule has 0 saturated heterocycles. The second kappa shape index (κ2) is 10.2. The molecule has 0 unspecified atom stereocenters. The predicted octanol–water partition coefficient (Wildman–Crippen LogP) is 3.08. The Morgan fingerprint density at radius 1 is 1.00 bits per heavy atom. The van der Waals surface area contributed by atoms with E-state index >= 15 is 0 Å². The molecule has 0 fully saturated rings. The van der Waals surface area contributed by atoms with Crippen LogP contribution in [0.3, 0.4) is 0 Å². The van der Waals surface area contributed by atoms with E-state index in [1.165, 1.54) is 0 Å². The van der Waals surface area contributed by atoms with Gasteiger partial charge in [-0.15, -0.1) is 0 Å². The van der Waals surface area contributed by atoms with Crippen molar-refractivity contribution >= 4 is 11.8 Å². The van der Waals surface area contributed by atoms with E-state index in [0.29, 0.717) is 38.1 Å². The zero-order valence-electron chi connectivity index (χ0n) is 15.4. The van der Waals surface area contributed by atoms with Gasteiger partial charge >= 0.3 is 0 Å². The number of para-hydroxylation sites is 1. The number of carbonyl (C=O) groups excluding carboxylic acids is 2. The van der Waals surface area contributed by atoms with Crippen LogP contribution in [-0.2, 0) is 17.8 Å². The molecule has 0 saturated carbocycles. The lowest BCUT2D eigenvalue weighted by molar-refractivity contribution is -0.121. The highest BCUT2D eigenvalue weighted by molar-refractivity contribution is 5.94. The van der Waals surface area contributed by atoms with Crippen LogP contribution in [-0.4, -0.2) is 25.0 Å². The maximum absolute atomic E-state index is 12.1. The number of benzene rings is 2. The van der Waals surface area contributed by atoms with Crippen LogP contribution >= 0.6 is 0 Å². The Morgan fingerprint density at radius 2 is 1.81 bits per heavy atom. The molecule has 0 spiro atoms. The van der Waals surface area contributed by atoms with Crippen LogP contribution in [0, 0.1) is 0 Å². The number of aryl methyl sites for hydroxylation is 1. The summed E-state index contributed by atoms with van der Waals surface area (Å²) in [6.45, 7) is 5.41. The lowest BCUT2D eigenvalue weighted by Gasteiger charge is -2.10. The Morgan fingerprint density at radius 3 is 2.58 bits per heavy atom. The summed E-state index contributed by atoms with van der Waals surface area (Å²) in [5.41, 5.74) is 2.53. The summed E-state index contributed by atoms with van der Waals surface area (Å²) in [4.78, 5) is 24.0. The van der Waals surface area contributed by atoms with Gasteiger partial charge in [-0.05, 0) is 49.6 Å². The van der Waals surface area contributed by atoms with Crippen LogP contribution in [0.5, 0.6) is 5.75 Å². The van der Waals surface area contributed by atoms with Gasteiger partial charge in [0.1, 0.15) is 5.75 Å². The predicted molar refractivity (Wildman–Crippen MR) is 102 cm³/mol. The summed E-state index contributed by atoms with van der Waals surface area (Å²) >= 11 is 0. The van der Waals surface area contributed by atoms with Gasteiger partial charge in [0.15, 0.2) is 0 Å². The highest BCUT2D eigenvalue weighted by atomic mass is 16.5. The highest BCUT2D eigenvalue weighted by Crippen LogP contribution is 2.19. The molecule has 2 aromatic rings. The maximum atomic E-state index is 12.1. The number of rotatable bonds is 9. The standard InChI is InChI=1S/C21H26N2O3/c1-3-22-21(25)18-10-7-8-16(14-18)15-23-20(24)13-12-17-9-5-6-11-19(17)26-4-2/h5-11,14H,3-4,12-13,15H2,1-2H3,(H,22,25)(H,23,24). The summed E-state index contributed by atoms with van der Waals surface area (Å²) in [6.07, 6.45) is 1.01. The van der Waals surface area contributed by atoms with E-state index in [1.807, 2.05) is 50.2 Å². The summed E-state index contributed by atoms with van der Waals surface area (Å²) in [6, 6.07) is 15.1. The third-order valence-electron chi connectivity index (χ3n) is 3.91. The highest BCUT2D eigenvalue weighted by Gasteiger charge is 2.08. The molecule has 0 atom stereocenters. The lowest BCUT2D eigenvalue weighted by atomic mass is 10.1. The van der Waals surface area contributed by atoms with Crippen LogP contribution in [0.2, 0.25) is 0 Å². The van der Waals surface area contributed by atoms with Gasteiger partial charge in [0, 0.05) is 25.1 Å². The van der Waals surface area contributed by atoms with Crippen molar-refractivity contribution in [3.63, 3.8) is 0 Å². The molecule has 5 heteroatoms. The zero-order chi connectivity index (χ0) is 18.8. The van der Waals surface area contributed by atoms with Gasteiger partial charge < -0.3 is 15.4 Å². The normalized spacial score (nSPS) is 10.2. The molecule has 0 aliphatic rings. The zero-order valence-corrected chi connectivity index (χ0v) is 15.4. The van der Waals surface area contributed by atoms with Crippen LogP contribution in [0.4, 0.5) is 0 Å². The first-order valence-corrected chi connectivity index (χ1v) is 8.98. The van der Waals surface area contributed by atoms with Gasteiger partial charge in [-0.3, -0.25) is 9.59 Å². The molecule has 2 N–H and O–H groups in total. The van der Waals surface area contributed by atoms with E-state index in [0.717, 1.165) is 16.9 Å². The van der Waals surface area contributed by atoms with Gasteiger partial charge in [0.2, 0.25) is 5.91 Å². The molecule has 2 aromatic carbocycles. The number of amides is 2. The van der Waals surface area contributed by atoms with Gasteiger partial charge in [0.25, 0.3) is 5.91 Å². The van der Waals surface area contributed by atoms with E-state index in [-0.39, 0.29) is 11.8 Å². The summed E-state index contributed by atoms with van der Waals surface area (Å²) in [5, 5.41) is 5.68. The van der Waals surface area contributed by atoms with Crippen molar-refractivity contribution < 1.29 is 14.3 Å². The van der Waals surface area contributed by atoms with Crippen molar-refractivity contribution in [1.82, 2.24) is 10.6 Å². The van der Waals surface area contributed by atoms with Gasteiger partial charge in [-0.25, -0.2) is 0 Å². The van der Waals surface area contributed by atoms with E-state index in [4.69, 9.17) is 4.74 Å². The number of ether oxygens (including phenoxy) is 1. The Labute approximate surface area is 154 Å². The minimum absolute atomic E-state index is 0.0280. The summed E-state index contributed by atoms with van der Waals surface area (Å²) in [7, 11) is 0. The van der Waals surface area contributed by atoms with E-state index < -0.39 is 0 Å². The van der Waals surface area contributed by atoms with E-state index in [2.05, 4.69) is 10.6 Å². The molecule has 0 aliphatic carbocycles. The first-order valence-electron chi connectivity index (χ1n) is 8.98. The third kappa shape index (κ3) is 5.92. The monoisotopic (exact) mass is 354 g/mol. The minimum atomic E-state index is -0.104. The van der Waals surface area contributed by atoms with Crippen LogP contribution in [0.25, 0.3) is 0 Å². The van der Waals surface area contributed by atoms with E-state index in [1.54, 1.807) is 12.1 Å². The van der Waals surface area contributed by atoms with Crippen LogP contribution in [0.1, 0.15) is 41.8 Å². The smallest absolute Gasteiger partial charge is 0.251 e. The fourth-order valence-corrected chi connectivity index (χ4v) is 2.63. The molecule has 0 radical (unpaired) electrons. The number of nitrogens with one attached hydrogen (secondary N) is 2. The first kappa shape index (κ1) is 19.5. The molecule has 0 aromatic heterocycles. The molecule has 0 bridgehead atoms. The minimum Gasteiger partial charge on any atom is -0.494 e. The van der Waals surface area contributed by atoms with Crippen molar-refractivity contribution in [2.45, 2.75) is 33.2 Å². The Hall–Kier alpha value is -2.82. The Balaban J connectivity index is 1.86. The first-order chi connectivity index (χ1) is 12.6.